The SMILES string of the molecule is Clc1cc2c(cc1[C@H]1CCN(Cc3cccnc3)c3ccccc3S1)OCO2. The predicted octanol–water partition coefficient (Wildman–Crippen LogP) is 5.71. The molecular weight excluding hydrogens is 392 g/mol. The van der Waals surface area contributed by atoms with E-state index >= 15 is 0 Å². The molecule has 1 atom stereocenters. The van der Waals surface area contributed by atoms with Crippen molar-refractivity contribution in [3.63, 3.8) is 0 Å². The molecule has 2 aliphatic heterocycles. The van der Waals surface area contributed by atoms with E-state index in [1.807, 2.05) is 42.4 Å². The fourth-order valence-corrected chi connectivity index (χ4v) is 5.38. The van der Waals surface area contributed by atoms with Gasteiger partial charge in [0.2, 0.25) is 6.79 Å². The summed E-state index contributed by atoms with van der Waals surface area (Å²) in [4.78, 5) is 7.96. The Morgan fingerprint density at radius 2 is 1.96 bits per heavy atom. The fourth-order valence-electron chi connectivity index (χ4n) is 3.70. The molecule has 4 nitrogen and oxygen atoms in total. The average Bonchev–Trinajstić information content (AvgIpc) is 3.10. The summed E-state index contributed by atoms with van der Waals surface area (Å²) >= 11 is 8.48. The van der Waals surface area contributed by atoms with E-state index in [1.54, 1.807) is 0 Å². The van der Waals surface area contributed by atoms with E-state index < -0.39 is 0 Å². The van der Waals surface area contributed by atoms with Crippen molar-refractivity contribution >= 4 is 29.1 Å². The summed E-state index contributed by atoms with van der Waals surface area (Å²) in [6.07, 6.45) is 4.74. The van der Waals surface area contributed by atoms with Crippen LogP contribution in [0, 0.1) is 0 Å². The molecule has 1 aromatic heterocycles. The molecule has 28 heavy (non-hydrogen) atoms. The maximum absolute atomic E-state index is 6.62. The largest absolute Gasteiger partial charge is 0.454 e. The highest BCUT2D eigenvalue weighted by Crippen LogP contribution is 2.49. The number of rotatable bonds is 3. The maximum Gasteiger partial charge on any atom is 0.231 e. The van der Waals surface area contributed by atoms with Gasteiger partial charge in [-0.05, 0) is 41.8 Å². The van der Waals surface area contributed by atoms with Crippen LogP contribution in [-0.2, 0) is 6.54 Å². The molecule has 2 aliphatic rings. The monoisotopic (exact) mass is 410 g/mol. The molecule has 0 radical (unpaired) electrons. The van der Waals surface area contributed by atoms with Crippen LogP contribution in [0.4, 0.5) is 5.69 Å². The first kappa shape index (κ1) is 17.7. The minimum atomic E-state index is 0.252. The number of hydrogen-bond donors (Lipinski definition) is 0. The standard InChI is InChI=1S/C22H19ClN2O2S/c23-17-11-20-19(26-14-27-20)10-16(17)21-7-9-25(13-15-4-3-8-24-12-15)18-5-1-2-6-22(18)28-21/h1-6,8,10-12,21H,7,9,13-14H2/t21-/m1/s1. The number of pyridine rings is 1. The summed E-state index contributed by atoms with van der Waals surface area (Å²) in [6.45, 7) is 2.04. The van der Waals surface area contributed by atoms with Gasteiger partial charge >= 0.3 is 0 Å². The van der Waals surface area contributed by atoms with Crippen molar-refractivity contribution < 1.29 is 9.47 Å². The molecule has 142 valence electrons. The molecule has 3 aromatic rings. The second kappa shape index (κ2) is 7.57. The summed E-state index contributed by atoms with van der Waals surface area (Å²) in [7, 11) is 0. The molecule has 0 N–H and O–H groups in total. The molecule has 3 heterocycles. The van der Waals surface area contributed by atoms with Crippen LogP contribution < -0.4 is 14.4 Å². The molecule has 6 heteroatoms. The molecule has 0 aliphatic carbocycles. The van der Waals surface area contributed by atoms with Crippen LogP contribution in [0.2, 0.25) is 5.02 Å². The second-order valence-corrected chi connectivity index (χ2v) is 8.52. The van der Waals surface area contributed by atoms with Gasteiger partial charge < -0.3 is 14.4 Å². The normalized spacial score (nSPS) is 17.9. The molecule has 0 fully saturated rings. The zero-order valence-electron chi connectivity index (χ0n) is 15.2. The number of fused-ring (bicyclic) bond motifs is 2. The van der Waals surface area contributed by atoms with Crippen LogP contribution >= 0.6 is 23.4 Å². The smallest absolute Gasteiger partial charge is 0.231 e. The number of hydrogen-bond acceptors (Lipinski definition) is 5. The highest BCUT2D eigenvalue weighted by molar-refractivity contribution is 7.99. The molecule has 0 saturated heterocycles. The van der Waals surface area contributed by atoms with Crippen LogP contribution in [0.25, 0.3) is 0 Å². The van der Waals surface area contributed by atoms with Crippen molar-refractivity contribution in [2.24, 2.45) is 0 Å². The lowest BCUT2D eigenvalue weighted by Gasteiger charge is -2.24. The second-order valence-electron chi connectivity index (χ2n) is 6.87. The van der Waals surface area contributed by atoms with Crippen molar-refractivity contribution in [1.29, 1.82) is 0 Å². The lowest BCUT2D eigenvalue weighted by Crippen LogP contribution is -2.24. The molecule has 5 rings (SSSR count). The number of nitrogens with zero attached hydrogens (tertiary/aromatic N) is 2. The van der Waals surface area contributed by atoms with Gasteiger partial charge in [-0.3, -0.25) is 4.98 Å². The van der Waals surface area contributed by atoms with Crippen LogP contribution in [0.1, 0.15) is 22.8 Å². The Labute approximate surface area is 173 Å². The van der Waals surface area contributed by atoms with Gasteiger partial charge in [-0.25, -0.2) is 0 Å². The quantitative estimate of drug-likeness (QED) is 0.552. The fraction of sp³-hybridized carbons (Fsp3) is 0.227. The molecule has 0 saturated carbocycles. The van der Waals surface area contributed by atoms with E-state index in [0.717, 1.165) is 41.6 Å². The Kier molecular flexibility index (Phi) is 4.79. The number of aromatic nitrogens is 1. The first-order chi connectivity index (χ1) is 13.8. The molecule has 0 bridgehead atoms. The van der Waals surface area contributed by atoms with E-state index in [4.69, 9.17) is 21.1 Å². The highest BCUT2D eigenvalue weighted by Gasteiger charge is 2.27. The van der Waals surface area contributed by atoms with Gasteiger partial charge in [0.15, 0.2) is 11.5 Å². The molecule has 0 amide bonds. The first-order valence-corrected chi connectivity index (χ1v) is 10.5. The molecule has 0 spiro atoms. The van der Waals surface area contributed by atoms with E-state index in [2.05, 4.69) is 40.2 Å². The van der Waals surface area contributed by atoms with E-state index in [-0.39, 0.29) is 12.0 Å². The summed E-state index contributed by atoms with van der Waals surface area (Å²) in [5.41, 5.74) is 3.58. The van der Waals surface area contributed by atoms with E-state index in [9.17, 15) is 0 Å². The van der Waals surface area contributed by atoms with Crippen LogP contribution in [0.3, 0.4) is 0 Å². The average molecular weight is 411 g/mol. The summed E-state index contributed by atoms with van der Waals surface area (Å²) in [5, 5.41) is 0.988. The molecule has 0 unspecified atom stereocenters. The van der Waals surface area contributed by atoms with Crippen LogP contribution in [0.5, 0.6) is 11.5 Å². The number of ether oxygens (including phenoxy) is 2. The van der Waals surface area contributed by atoms with E-state index in [1.165, 1.54) is 16.1 Å². The van der Waals surface area contributed by atoms with Crippen molar-refractivity contribution in [1.82, 2.24) is 4.98 Å². The van der Waals surface area contributed by atoms with Gasteiger partial charge in [0.25, 0.3) is 0 Å². The number of thioether (sulfide) groups is 1. The number of halogens is 1. The van der Waals surface area contributed by atoms with Crippen molar-refractivity contribution in [3.8, 4) is 11.5 Å². The number of benzene rings is 2. The zero-order chi connectivity index (χ0) is 18.9. The summed E-state index contributed by atoms with van der Waals surface area (Å²) in [5.74, 6) is 1.51. The van der Waals surface area contributed by atoms with Gasteiger partial charge in [-0.1, -0.05) is 29.8 Å². The summed E-state index contributed by atoms with van der Waals surface area (Å²) < 4.78 is 11.0. The maximum atomic E-state index is 6.62. The van der Waals surface area contributed by atoms with Gasteiger partial charge in [0, 0.05) is 46.7 Å². The Bertz CT molecular complexity index is 999. The van der Waals surface area contributed by atoms with Crippen LogP contribution in [-0.4, -0.2) is 18.3 Å². The minimum absolute atomic E-state index is 0.252. The zero-order valence-corrected chi connectivity index (χ0v) is 16.7. The van der Waals surface area contributed by atoms with Gasteiger partial charge in [0.1, 0.15) is 0 Å². The molecule has 2 aromatic carbocycles. The van der Waals surface area contributed by atoms with Crippen molar-refractivity contribution in [3.05, 3.63) is 77.1 Å². The first-order valence-electron chi connectivity index (χ1n) is 9.26. The Morgan fingerprint density at radius 3 is 2.82 bits per heavy atom. The van der Waals surface area contributed by atoms with Gasteiger partial charge in [-0.2, -0.15) is 0 Å². The van der Waals surface area contributed by atoms with Gasteiger partial charge in [-0.15, -0.1) is 11.8 Å². The predicted molar refractivity (Wildman–Crippen MR) is 113 cm³/mol. The molecular formula is C22H19ClN2O2S. The third-order valence-corrected chi connectivity index (χ3v) is 6.77. The van der Waals surface area contributed by atoms with Gasteiger partial charge in [0.05, 0.1) is 5.69 Å². The van der Waals surface area contributed by atoms with Crippen molar-refractivity contribution in [2.75, 3.05) is 18.2 Å². The summed E-state index contributed by atoms with van der Waals surface area (Å²) in [6, 6.07) is 16.6. The van der Waals surface area contributed by atoms with E-state index in [0.29, 0.717) is 0 Å². The van der Waals surface area contributed by atoms with Crippen LogP contribution in [0.15, 0.2) is 65.8 Å². The Hall–Kier alpha value is -2.37. The van der Waals surface area contributed by atoms with Crippen molar-refractivity contribution in [2.45, 2.75) is 23.1 Å². The Balaban J connectivity index is 1.47. The highest BCUT2D eigenvalue weighted by atomic mass is 35.5. The lowest BCUT2D eigenvalue weighted by atomic mass is 10.1. The number of para-hydroxylation sites is 1. The Morgan fingerprint density at radius 1 is 1.11 bits per heavy atom. The minimum Gasteiger partial charge on any atom is -0.454 e. The third-order valence-electron chi connectivity index (χ3n) is 5.07. The lowest BCUT2D eigenvalue weighted by molar-refractivity contribution is 0.174. The number of anilines is 1. The topological polar surface area (TPSA) is 34.6 Å². The third kappa shape index (κ3) is 3.40.